The molecule has 1 heterocycles. The number of ether oxygens (including phenoxy) is 1. The van der Waals surface area contributed by atoms with Gasteiger partial charge in [0.25, 0.3) is 0 Å². The molecule has 0 aromatic rings. The summed E-state index contributed by atoms with van der Waals surface area (Å²) in [6.07, 6.45) is 1.65. The molecule has 0 saturated carbocycles. The van der Waals surface area contributed by atoms with Gasteiger partial charge in [-0.25, -0.2) is 12.7 Å². The first-order chi connectivity index (χ1) is 9.77. The van der Waals surface area contributed by atoms with Crippen LogP contribution in [0.15, 0.2) is 0 Å². The van der Waals surface area contributed by atoms with Crippen LogP contribution in [0.2, 0.25) is 0 Å². The topological polar surface area (TPSA) is 101 Å². The number of nitrogens with zero attached hydrogens (tertiary/aromatic N) is 1. The highest BCUT2D eigenvalue weighted by atomic mass is 32.2. The standard InChI is InChI=1S/C13H23NO6S/c1-3-13(12(16)17)7-5-8-14(10-13)21(18,19)9-4-6-11(15)20-2/h3-10H2,1-2H3,(H,16,17). The zero-order valence-electron chi connectivity index (χ0n) is 12.5. The minimum Gasteiger partial charge on any atom is -0.481 e. The van der Waals surface area contributed by atoms with Crippen LogP contribution in [0.25, 0.3) is 0 Å². The summed E-state index contributed by atoms with van der Waals surface area (Å²) < 4.78 is 30.2. The lowest BCUT2D eigenvalue weighted by Crippen LogP contribution is -2.50. The van der Waals surface area contributed by atoms with Crippen molar-refractivity contribution in [1.29, 1.82) is 0 Å². The lowest BCUT2D eigenvalue weighted by molar-refractivity contribution is -0.151. The van der Waals surface area contributed by atoms with E-state index in [0.717, 1.165) is 0 Å². The molecule has 1 aliphatic rings. The van der Waals surface area contributed by atoms with E-state index in [1.165, 1.54) is 11.4 Å². The van der Waals surface area contributed by atoms with E-state index in [2.05, 4.69) is 4.74 Å². The number of rotatable bonds is 7. The number of carboxylic acid groups (broad SMARTS) is 1. The van der Waals surface area contributed by atoms with Gasteiger partial charge in [-0.2, -0.15) is 0 Å². The van der Waals surface area contributed by atoms with E-state index in [9.17, 15) is 23.1 Å². The predicted molar refractivity (Wildman–Crippen MR) is 76.2 cm³/mol. The fourth-order valence-electron chi connectivity index (χ4n) is 2.57. The molecule has 1 aliphatic heterocycles. The monoisotopic (exact) mass is 321 g/mol. The Hall–Kier alpha value is -1.15. The molecule has 0 aromatic carbocycles. The normalized spacial score (nSPS) is 23.7. The van der Waals surface area contributed by atoms with Gasteiger partial charge >= 0.3 is 11.9 Å². The molecule has 8 heteroatoms. The third-order valence-corrected chi connectivity index (χ3v) is 5.98. The summed E-state index contributed by atoms with van der Waals surface area (Å²) in [5.74, 6) is -1.56. The molecule has 21 heavy (non-hydrogen) atoms. The maximum absolute atomic E-state index is 12.3. The third-order valence-electron chi connectivity index (χ3n) is 4.08. The van der Waals surface area contributed by atoms with Crippen molar-refractivity contribution in [2.75, 3.05) is 26.0 Å². The van der Waals surface area contributed by atoms with E-state index in [1.54, 1.807) is 6.92 Å². The Morgan fingerprint density at radius 3 is 2.57 bits per heavy atom. The van der Waals surface area contributed by atoms with E-state index in [-0.39, 0.29) is 25.1 Å². The Morgan fingerprint density at radius 2 is 2.05 bits per heavy atom. The number of carbonyl (C=O) groups excluding carboxylic acids is 1. The molecule has 0 bridgehead atoms. The predicted octanol–water partition coefficient (Wildman–Crippen LogP) is 0.846. The van der Waals surface area contributed by atoms with Crippen molar-refractivity contribution >= 4 is 22.0 Å². The smallest absolute Gasteiger partial charge is 0.310 e. The highest BCUT2D eigenvalue weighted by Gasteiger charge is 2.43. The molecule has 1 unspecified atom stereocenters. The first-order valence-corrected chi connectivity index (χ1v) is 8.66. The summed E-state index contributed by atoms with van der Waals surface area (Å²) in [5, 5.41) is 9.37. The lowest BCUT2D eigenvalue weighted by atomic mass is 9.78. The summed E-state index contributed by atoms with van der Waals surface area (Å²) >= 11 is 0. The van der Waals surface area contributed by atoms with E-state index in [4.69, 9.17) is 0 Å². The van der Waals surface area contributed by atoms with Gasteiger partial charge in [-0.05, 0) is 25.7 Å². The summed E-state index contributed by atoms with van der Waals surface area (Å²) in [6.45, 7) is 2.12. The van der Waals surface area contributed by atoms with Crippen molar-refractivity contribution in [1.82, 2.24) is 4.31 Å². The van der Waals surface area contributed by atoms with Gasteiger partial charge in [-0.3, -0.25) is 9.59 Å². The van der Waals surface area contributed by atoms with Crippen molar-refractivity contribution < 1.29 is 27.9 Å². The molecule has 122 valence electrons. The lowest BCUT2D eigenvalue weighted by Gasteiger charge is -2.38. The fourth-order valence-corrected chi connectivity index (χ4v) is 4.19. The van der Waals surface area contributed by atoms with E-state index < -0.39 is 27.4 Å². The number of piperidine rings is 1. The van der Waals surface area contributed by atoms with Crippen LogP contribution in [0.3, 0.4) is 0 Å². The number of sulfonamides is 1. The Balaban J connectivity index is 2.70. The van der Waals surface area contributed by atoms with Crippen LogP contribution in [0.4, 0.5) is 0 Å². The first kappa shape index (κ1) is 17.9. The Bertz CT molecular complexity index is 489. The van der Waals surface area contributed by atoms with Gasteiger partial charge in [-0.1, -0.05) is 6.92 Å². The molecular formula is C13H23NO6S. The number of carboxylic acids is 1. The highest BCUT2D eigenvalue weighted by Crippen LogP contribution is 2.34. The third kappa shape index (κ3) is 4.41. The summed E-state index contributed by atoms with van der Waals surface area (Å²) in [7, 11) is -2.29. The second-order valence-corrected chi connectivity index (χ2v) is 7.46. The largest absolute Gasteiger partial charge is 0.481 e. The van der Waals surface area contributed by atoms with Crippen LogP contribution in [-0.2, 0) is 24.3 Å². The van der Waals surface area contributed by atoms with Crippen molar-refractivity contribution in [3.63, 3.8) is 0 Å². The van der Waals surface area contributed by atoms with Crippen molar-refractivity contribution in [3.8, 4) is 0 Å². The van der Waals surface area contributed by atoms with Crippen LogP contribution in [0, 0.1) is 5.41 Å². The Kier molecular flexibility index (Phi) is 6.15. The first-order valence-electron chi connectivity index (χ1n) is 7.05. The number of carbonyl (C=O) groups is 2. The second-order valence-electron chi connectivity index (χ2n) is 5.37. The van der Waals surface area contributed by atoms with E-state index >= 15 is 0 Å². The van der Waals surface area contributed by atoms with Gasteiger partial charge in [0, 0.05) is 19.5 Å². The van der Waals surface area contributed by atoms with Gasteiger partial charge in [0.2, 0.25) is 10.0 Å². The zero-order valence-corrected chi connectivity index (χ0v) is 13.3. The number of esters is 1. The van der Waals surface area contributed by atoms with Crippen molar-refractivity contribution in [2.45, 2.75) is 39.0 Å². The van der Waals surface area contributed by atoms with Crippen LogP contribution >= 0.6 is 0 Å². The van der Waals surface area contributed by atoms with Gasteiger partial charge in [-0.15, -0.1) is 0 Å². The summed E-state index contributed by atoms with van der Waals surface area (Å²) in [4.78, 5) is 22.4. The molecule has 0 spiro atoms. The average molecular weight is 321 g/mol. The molecule has 7 nitrogen and oxygen atoms in total. The average Bonchev–Trinajstić information content (AvgIpc) is 2.46. The van der Waals surface area contributed by atoms with Crippen LogP contribution < -0.4 is 0 Å². The minimum absolute atomic E-state index is 0.0133. The highest BCUT2D eigenvalue weighted by molar-refractivity contribution is 7.89. The maximum atomic E-state index is 12.3. The molecule has 1 rings (SSSR count). The second kappa shape index (κ2) is 7.22. The van der Waals surface area contributed by atoms with E-state index in [1.807, 2.05) is 0 Å². The Labute approximate surface area is 125 Å². The molecule has 0 aromatic heterocycles. The molecule has 0 radical (unpaired) electrons. The molecule has 1 saturated heterocycles. The summed E-state index contributed by atoms with van der Waals surface area (Å²) in [6, 6.07) is 0. The molecular weight excluding hydrogens is 298 g/mol. The number of aliphatic carboxylic acids is 1. The molecule has 1 fully saturated rings. The number of hydrogen-bond acceptors (Lipinski definition) is 5. The molecule has 1 atom stereocenters. The molecule has 0 amide bonds. The zero-order chi connectivity index (χ0) is 16.1. The Morgan fingerprint density at radius 1 is 1.38 bits per heavy atom. The van der Waals surface area contributed by atoms with E-state index in [0.29, 0.717) is 25.8 Å². The van der Waals surface area contributed by atoms with Gasteiger partial charge < -0.3 is 9.84 Å². The number of hydrogen-bond donors (Lipinski definition) is 1. The van der Waals surface area contributed by atoms with Crippen LogP contribution in [0.1, 0.15) is 39.0 Å². The summed E-state index contributed by atoms with van der Waals surface area (Å²) in [5.41, 5.74) is -0.992. The van der Waals surface area contributed by atoms with Crippen LogP contribution in [0.5, 0.6) is 0 Å². The quantitative estimate of drug-likeness (QED) is 0.698. The fraction of sp³-hybridized carbons (Fsp3) is 0.846. The van der Waals surface area contributed by atoms with Crippen molar-refractivity contribution in [3.05, 3.63) is 0 Å². The van der Waals surface area contributed by atoms with Crippen molar-refractivity contribution in [2.24, 2.45) is 5.41 Å². The van der Waals surface area contributed by atoms with Gasteiger partial charge in [0.1, 0.15) is 0 Å². The number of methoxy groups -OCH3 is 1. The maximum Gasteiger partial charge on any atom is 0.310 e. The van der Waals surface area contributed by atoms with Crippen LogP contribution in [-0.4, -0.2) is 55.7 Å². The van der Waals surface area contributed by atoms with Gasteiger partial charge in [0.15, 0.2) is 0 Å². The molecule has 1 N–H and O–H groups in total. The molecule has 0 aliphatic carbocycles. The minimum atomic E-state index is -3.54. The van der Waals surface area contributed by atoms with Gasteiger partial charge in [0.05, 0.1) is 18.3 Å². The SMILES string of the molecule is CCC1(C(=O)O)CCCN(S(=O)(=O)CCCC(=O)OC)C1.